The molecule has 1 saturated carbocycles. The third-order valence-corrected chi connectivity index (χ3v) is 5.19. The average molecular weight is 264 g/mol. The Morgan fingerprint density at radius 3 is 2.72 bits per heavy atom. The molecule has 18 heavy (non-hydrogen) atoms. The number of fused-ring (bicyclic) bond motifs is 1. The first-order valence-electron chi connectivity index (χ1n) is 7.27. The van der Waals surface area contributed by atoms with Gasteiger partial charge >= 0.3 is 0 Å². The lowest BCUT2D eigenvalue weighted by molar-refractivity contribution is 0.388. The lowest BCUT2D eigenvalue weighted by Gasteiger charge is -2.27. The van der Waals surface area contributed by atoms with Crippen molar-refractivity contribution in [3.63, 3.8) is 0 Å². The molecule has 1 N–H and O–H groups in total. The number of aromatic nitrogens is 1. The predicted octanol–water partition coefficient (Wildman–Crippen LogP) is 3.83. The summed E-state index contributed by atoms with van der Waals surface area (Å²) in [4.78, 5) is 6.56. The fraction of sp³-hybridized carbons (Fsp3) is 0.800. The van der Waals surface area contributed by atoms with Crippen LogP contribution in [-0.2, 0) is 6.42 Å². The van der Waals surface area contributed by atoms with E-state index >= 15 is 0 Å². The van der Waals surface area contributed by atoms with Gasteiger partial charge in [0.2, 0.25) is 0 Å². The van der Waals surface area contributed by atoms with Crippen molar-refractivity contribution in [1.29, 1.82) is 0 Å². The average Bonchev–Trinajstić information content (AvgIpc) is 3.05. The van der Waals surface area contributed by atoms with Crippen molar-refractivity contribution < 1.29 is 0 Å². The fourth-order valence-corrected chi connectivity index (χ4v) is 4.02. The highest BCUT2D eigenvalue weighted by Gasteiger charge is 2.31. The lowest BCUT2D eigenvalue weighted by atomic mass is 9.90. The Hall–Kier alpha value is -0.410. The normalized spacial score (nSPS) is 24.1. The fourth-order valence-electron chi connectivity index (χ4n) is 2.66. The maximum atomic E-state index is 4.97. The summed E-state index contributed by atoms with van der Waals surface area (Å²) < 4.78 is 0. The minimum absolute atomic E-state index is 0.215. The van der Waals surface area contributed by atoms with E-state index in [0.717, 1.165) is 12.5 Å². The lowest BCUT2D eigenvalue weighted by Crippen LogP contribution is -2.39. The minimum Gasteiger partial charge on any atom is -0.311 e. The number of nitrogens with one attached hydrogen (secondary N) is 1. The molecule has 0 radical (unpaired) electrons. The van der Waals surface area contributed by atoms with E-state index in [1.165, 1.54) is 42.8 Å². The monoisotopic (exact) mass is 264 g/mol. The van der Waals surface area contributed by atoms with Crippen molar-refractivity contribution in [3.8, 4) is 0 Å². The quantitative estimate of drug-likeness (QED) is 0.897. The molecule has 0 bridgehead atoms. The van der Waals surface area contributed by atoms with Gasteiger partial charge in [-0.1, -0.05) is 0 Å². The summed E-state index contributed by atoms with van der Waals surface area (Å²) in [6.07, 6.45) is 6.67. The Labute approximate surface area is 114 Å². The third-order valence-electron chi connectivity index (χ3n) is 3.89. The molecule has 0 saturated heterocycles. The number of hydrogen-bond acceptors (Lipinski definition) is 3. The van der Waals surface area contributed by atoms with Crippen LogP contribution < -0.4 is 5.32 Å². The van der Waals surface area contributed by atoms with Crippen LogP contribution in [0.5, 0.6) is 0 Å². The zero-order valence-electron chi connectivity index (χ0n) is 11.8. The Morgan fingerprint density at radius 2 is 2.06 bits per heavy atom. The van der Waals surface area contributed by atoms with E-state index in [2.05, 4.69) is 26.1 Å². The van der Waals surface area contributed by atoms with Crippen LogP contribution in [-0.4, -0.2) is 17.1 Å². The van der Waals surface area contributed by atoms with Crippen molar-refractivity contribution in [2.75, 3.05) is 6.54 Å². The van der Waals surface area contributed by atoms with Crippen molar-refractivity contribution >= 4 is 11.3 Å². The first-order valence-corrected chi connectivity index (χ1v) is 8.09. The molecule has 0 aromatic carbocycles. The number of thiazole rings is 1. The van der Waals surface area contributed by atoms with Crippen LogP contribution in [0.1, 0.15) is 73.9 Å². The van der Waals surface area contributed by atoms with Crippen LogP contribution in [0.4, 0.5) is 0 Å². The molecule has 1 heterocycles. The maximum absolute atomic E-state index is 4.97. The van der Waals surface area contributed by atoms with Crippen LogP contribution >= 0.6 is 11.3 Å². The van der Waals surface area contributed by atoms with E-state index < -0.39 is 0 Å². The SMILES string of the molecule is CC(C)(C)NCC1CCCc2sc(C3CC3)nc21. The molecule has 1 unspecified atom stereocenters. The van der Waals surface area contributed by atoms with E-state index in [0.29, 0.717) is 5.92 Å². The zero-order valence-corrected chi connectivity index (χ0v) is 12.6. The topological polar surface area (TPSA) is 24.9 Å². The van der Waals surface area contributed by atoms with E-state index in [9.17, 15) is 0 Å². The van der Waals surface area contributed by atoms with Crippen LogP contribution in [0.2, 0.25) is 0 Å². The van der Waals surface area contributed by atoms with Gasteiger partial charge < -0.3 is 5.32 Å². The van der Waals surface area contributed by atoms with Crippen molar-refractivity contribution in [2.45, 2.75) is 70.3 Å². The molecule has 2 aliphatic carbocycles. The van der Waals surface area contributed by atoms with Crippen LogP contribution in [0.15, 0.2) is 0 Å². The molecule has 2 nitrogen and oxygen atoms in total. The third kappa shape index (κ3) is 2.77. The van der Waals surface area contributed by atoms with Gasteiger partial charge in [-0.2, -0.15) is 0 Å². The standard InChI is InChI=1S/C15H24N2S/c1-15(2,3)16-9-11-5-4-6-12-13(11)17-14(18-12)10-7-8-10/h10-11,16H,4-9H2,1-3H3. The summed E-state index contributed by atoms with van der Waals surface area (Å²) in [5, 5.41) is 5.08. The highest BCUT2D eigenvalue weighted by atomic mass is 32.1. The Bertz CT molecular complexity index is 426. The molecule has 1 fully saturated rings. The van der Waals surface area contributed by atoms with Gasteiger partial charge in [-0.15, -0.1) is 11.3 Å². The first-order chi connectivity index (χ1) is 8.53. The summed E-state index contributed by atoms with van der Waals surface area (Å²) in [6, 6.07) is 0. The molecule has 1 aromatic heterocycles. The summed E-state index contributed by atoms with van der Waals surface area (Å²) in [5.41, 5.74) is 1.65. The van der Waals surface area contributed by atoms with Gasteiger partial charge in [-0.3, -0.25) is 0 Å². The van der Waals surface area contributed by atoms with Crippen LogP contribution in [0.3, 0.4) is 0 Å². The Balaban J connectivity index is 1.74. The summed E-state index contributed by atoms with van der Waals surface area (Å²) >= 11 is 2.00. The summed E-state index contributed by atoms with van der Waals surface area (Å²) in [7, 11) is 0. The number of rotatable bonds is 3. The van der Waals surface area contributed by atoms with E-state index in [4.69, 9.17) is 4.98 Å². The first kappa shape index (κ1) is 12.6. The molecule has 0 spiro atoms. The molecule has 1 atom stereocenters. The highest BCUT2D eigenvalue weighted by molar-refractivity contribution is 7.11. The van der Waals surface area contributed by atoms with Crippen LogP contribution in [0, 0.1) is 0 Å². The summed E-state index contributed by atoms with van der Waals surface area (Å²) in [6.45, 7) is 7.82. The van der Waals surface area contributed by atoms with Gasteiger partial charge in [0.15, 0.2) is 0 Å². The number of aryl methyl sites for hydroxylation is 1. The van der Waals surface area contributed by atoms with Gasteiger partial charge in [0, 0.05) is 28.8 Å². The molecular weight excluding hydrogens is 240 g/mol. The predicted molar refractivity (Wildman–Crippen MR) is 77.5 cm³/mol. The second-order valence-electron chi connectivity index (χ2n) is 6.85. The molecule has 3 rings (SSSR count). The second kappa shape index (κ2) is 4.61. The molecule has 1 aromatic rings. The highest BCUT2D eigenvalue weighted by Crippen LogP contribution is 2.45. The van der Waals surface area contributed by atoms with Gasteiger partial charge in [0.05, 0.1) is 10.7 Å². The Morgan fingerprint density at radius 1 is 1.28 bits per heavy atom. The molecule has 100 valence electrons. The van der Waals surface area contributed by atoms with Gasteiger partial charge in [-0.05, 0) is 52.9 Å². The molecule has 3 heteroatoms. The van der Waals surface area contributed by atoms with Gasteiger partial charge in [0.1, 0.15) is 0 Å². The van der Waals surface area contributed by atoms with E-state index in [-0.39, 0.29) is 5.54 Å². The van der Waals surface area contributed by atoms with Crippen LogP contribution in [0.25, 0.3) is 0 Å². The largest absolute Gasteiger partial charge is 0.311 e. The molecule has 0 aliphatic heterocycles. The second-order valence-corrected chi connectivity index (χ2v) is 7.97. The van der Waals surface area contributed by atoms with E-state index in [1.807, 2.05) is 11.3 Å². The minimum atomic E-state index is 0.215. The number of nitrogens with zero attached hydrogens (tertiary/aromatic N) is 1. The summed E-state index contributed by atoms with van der Waals surface area (Å²) in [5.74, 6) is 1.47. The Kier molecular flexibility index (Phi) is 3.23. The number of hydrogen-bond donors (Lipinski definition) is 1. The van der Waals surface area contributed by atoms with Crippen molar-refractivity contribution in [3.05, 3.63) is 15.6 Å². The van der Waals surface area contributed by atoms with Gasteiger partial charge in [0.25, 0.3) is 0 Å². The molecule has 2 aliphatic rings. The molecule has 0 amide bonds. The van der Waals surface area contributed by atoms with Gasteiger partial charge in [-0.25, -0.2) is 4.98 Å². The zero-order chi connectivity index (χ0) is 12.8. The molecular formula is C15H24N2S. The van der Waals surface area contributed by atoms with Crippen molar-refractivity contribution in [2.24, 2.45) is 0 Å². The van der Waals surface area contributed by atoms with Crippen molar-refractivity contribution in [1.82, 2.24) is 10.3 Å². The smallest absolute Gasteiger partial charge is 0.0962 e. The van der Waals surface area contributed by atoms with E-state index in [1.54, 1.807) is 4.88 Å². The maximum Gasteiger partial charge on any atom is 0.0962 e.